The van der Waals surface area contributed by atoms with E-state index in [1.54, 1.807) is 29.7 Å². The third-order valence-corrected chi connectivity index (χ3v) is 4.27. The van der Waals surface area contributed by atoms with Crippen LogP contribution >= 0.6 is 0 Å². The lowest BCUT2D eigenvalue weighted by molar-refractivity contribution is -0.146. The summed E-state index contributed by atoms with van der Waals surface area (Å²) in [6, 6.07) is 16.2. The van der Waals surface area contributed by atoms with Crippen LogP contribution in [0.2, 0.25) is 0 Å². The van der Waals surface area contributed by atoms with Gasteiger partial charge in [0, 0.05) is 0 Å². The summed E-state index contributed by atoms with van der Waals surface area (Å²) in [7, 11) is 1.28. The standard InChI is InChI=1S/C18H17NO5/c1-23-17(21)18(11-15(18)16(20)19-22)12-6-5-9-14(10-12)24-13-7-3-2-4-8-13/h2-10,15,22H,11H2,1H3,(H,19,20)/t15-,18-/m0/s1. The number of methoxy groups -OCH3 is 1. The number of hydrogen-bond acceptors (Lipinski definition) is 5. The highest BCUT2D eigenvalue weighted by atomic mass is 16.5. The zero-order valence-electron chi connectivity index (χ0n) is 13.1. The van der Waals surface area contributed by atoms with Gasteiger partial charge in [0.1, 0.15) is 16.9 Å². The molecule has 2 aromatic carbocycles. The van der Waals surface area contributed by atoms with Gasteiger partial charge in [0.25, 0.3) is 0 Å². The van der Waals surface area contributed by atoms with Gasteiger partial charge in [-0.2, -0.15) is 0 Å². The molecule has 1 saturated carbocycles. The molecular formula is C18H17NO5. The smallest absolute Gasteiger partial charge is 0.317 e. The molecule has 6 heteroatoms. The first-order valence-electron chi connectivity index (χ1n) is 7.47. The second-order valence-electron chi connectivity index (χ2n) is 5.64. The zero-order valence-corrected chi connectivity index (χ0v) is 13.1. The number of esters is 1. The van der Waals surface area contributed by atoms with E-state index in [1.165, 1.54) is 7.11 Å². The van der Waals surface area contributed by atoms with Crippen molar-refractivity contribution in [2.75, 3.05) is 7.11 Å². The van der Waals surface area contributed by atoms with Gasteiger partial charge in [-0.05, 0) is 36.2 Å². The Labute approximate surface area is 139 Å². The number of para-hydroxylation sites is 1. The Kier molecular flexibility index (Phi) is 4.22. The molecule has 0 unspecified atom stereocenters. The maximum Gasteiger partial charge on any atom is 0.317 e. The van der Waals surface area contributed by atoms with Gasteiger partial charge in [0.2, 0.25) is 5.91 Å². The van der Waals surface area contributed by atoms with Crippen molar-refractivity contribution >= 4 is 11.9 Å². The van der Waals surface area contributed by atoms with Gasteiger partial charge >= 0.3 is 5.97 Å². The SMILES string of the molecule is COC(=O)[C@]1(c2cccc(Oc3ccccc3)c2)C[C@H]1C(=O)NO. The summed E-state index contributed by atoms with van der Waals surface area (Å²) in [5.41, 5.74) is 1.14. The van der Waals surface area contributed by atoms with Crippen LogP contribution in [0.25, 0.3) is 0 Å². The van der Waals surface area contributed by atoms with Gasteiger partial charge < -0.3 is 9.47 Å². The highest BCUT2D eigenvalue weighted by Crippen LogP contribution is 2.55. The molecule has 1 amide bonds. The highest BCUT2D eigenvalue weighted by molar-refractivity contribution is 5.97. The molecule has 1 aliphatic carbocycles. The minimum absolute atomic E-state index is 0.279. The minimum atomic E-state index is -1.09. The molecule has 1 aliphatic rings. The average molecular weight is 327 g/mol. The number of hydroxylamine groups is 1. The summed E-state index contributed by atoms with van der Waals surface area (Å²) in [5.74, 6) is -0.552. The van der Waals surface area contributed by atoms with Crippen LogP contribution in [0.5, 0.6) is 11.5 Å². The Hall–Kier alpha value is -2.86. The number of nitrogens with one attached hydrogen (secondary N) is 1. The molecule has 2 atom stereocenters. The van der Waals surface area contributed by atoms with Gasteiger partial charge in [-0.15, -0.1) is 0 Å². The largest absolute Gasteiger partial charge is 0.468 e. The van der Waals surface area contributed by atoms with Crippen molar-refractivity contribution in [3.63, 3.8) is 0 Å². The van der Waals surface area contributed by atoms with Crippen molar-refractivity contribution in [3.8, 4) is 11.5 Å². The van der Waals surface area contributed by atoms with Crippen LogP contribution in [0, 0.1) is 5.92 Å². The van der Waals surface area contributed by atoms with Crippen molar-refractivity contribution in [1.29, 1.82) is 0 Å². The molecule has 2 aromatic rings. The molecular weight excluding hydrogens is 310 g/mol. The number of ether oxygens (including phenoxy) is 2. The Bertz CT molecular complexity index is 761. The van der Waals surface area contributed by atoms with E-state index >= 15 is 0 Å². The first-order valence-corrected chi connectivity index (χ1v) is 7.47. The molecule has 2 N–H and O–H groups in total. The van der Waals surface area contributed by atoms with E-state index in [0.717, 1.165) is 0 Å². The number of rotatable bonds is 5. The lowest BCUT2D eigenvalue weighted by Crippen LogP contribution is -2.31. The predicted octanol–water partition coefficient (Wildman–Crippen LogP) is 2.41. The third kappa shape index (κ3) is 2.72. The molecule has 0 radical (unpaired) electrons. The van der Waals surface area contributed by atoms with Crippen molar-refractivity contribution in [1.82, 2.24) is 5.48 Å². The molecule has 24 heavy (non-hydrogen) atoms. The molecule has 6 nitrogen and oxygen atoms in total. The molecule has 124 valence electrons. The summed E-state index contributed by atoms with van der Waals surface area (Å²) in [6.45, 7) is 0. The molecule has 0 bridgehead atoms. The average Bonchev–Trinajstić information content (AvgIpc) is 3.38. The van der Waals surface area contributed by atoms with E-state index in [1.807, 2.05) is 30.3 Å². The Morgan fingerprint density at radius 2 is 1.83 bits per heavy atom. The van der Waals surface area contributed by atoms with Crippen LogP contribution in [-0.2, 0) is 19.7 Å². The molecule has 0 spiro atoms. The Morgan fingerprint density at radius 3 is 2.50 bits per heavy atom. The van der Waals surface area contributed by atoms with Crippen LogP contribution in [-0.4, -0.2) is 24.2 Å². The lowest BCUT2D eigenvalue weighted by atomic mass is 9.92. The summed E-state index contributed by atoms with van der Waals surface area (Å²) in [6.07, 6.45) is 0.279. The van der Waals surface area contributed by atoms with Crippen molar-refractivity contribution < 1.29 is 24.3 Å². The quantitative estimate of drug-likeness (QED) is 0.500. The Morgan fingerprint density at radius 1 is 1.12 bits per heavy atom. The topological polar surface area (TPSA) is 84.9 Å². The summed E-state index contributed by atoms with van der Waals surface area (Å²) in [4.78, 5) is 24.0. The number of carbonyl (C=O) groups is 2. The minimum Gasteiger partial charge on any atom is -0.468 e. The molecule has 1 fully saturated rings. The van der Waals surface area contributed by atoms with E-state index in [2.05, 4.69) is 0 Å². The summed E-state index contributed by atoms with van der Waals surface area (Å²) < 4.78 is 10.6. The van der Waals surface area contributed by atoms with Crippen molar-refractivity contribution in [2.45, 2.75) is 11.8 Å². The fourth-order valence-corrected chi connectivity index (χ4v) is 2.96. The number of hydrogen-bond donors (Lipinski definition) is 2. The zero-order chi connectivity index (χ0) is 17.2. The van der Waals surface area contributed by atoms with Crippen LogP contribution in [0.3, 0.4) is 0 Å². The highest BCUT2D eigenvalue weighted by Gasteiger charge is 2.65. The summed E-state index contributed by atoms with van der Waals surface area (Å²) in [5, 5.41) is 8.85. The molecule has 0 aromatic heterocycles. The molecule has 0 heterocycles. The lowest BCUT2D eigenvalue weighted by Gasteiger charge is -2.16. The first kappa shape index (κ1) is 16.0. The fourth-order valence-electron chi connectivity index (χ4n) is 2.96. The predicted molar refractivity (Wildman–Crippen MR) is 84.7 cm³/mol. The van der Waals surface area contributed by atoms with Crippen LogP contribution < -0.4 is 10.2 Å². The first-order chi connectivity index (χ1) is 11.6. The van der Waals surface area contributed by atoms with E-state index in [0.29, 0.717) is 17.1 Å². The van der Waals surface area contributed by atoms with E-state index in [4.69, 9.17) is 14.7 Å². The second-order valence-corrected chi connectivity index (χ2v) is 5.64. The fraction of sp³-hybridized carbons (Fsp3) is 0.222. The monoisotopic (exact) mass is 327 g/mol. The number of benzene rings is 2. The van der Waals surface area contributed by atoms with E-state index < -0.39 is 23.2 Å². The van der Waals surface area contributed by atoms with Gasteiger partial charge in [-0.25, -0.2) is 5.48 Å². The number of carbonyl (C=O) groups excluding carboxylic acids is 2. The van der Waals surface area contributed by atoms with Crippen LogP contribution in [0.1, 0.15) is 12.0 Å². The van der Waals surface area contributed by atoms with E-state index in [-0.39, 0.29) is 6.42 Å². The van der Waals surface area contributed by atoms with Crippen molar-refractivity contribution in [2.24, 2.45) is 5.92 Å². The van der Waals surface area contributed by atoms with E-state index in [9.17, 15) is 9.59 Å². The van der Waals surface area contributed by atoms with Gasteiger partial charge in [0.15, 0.2) is 0 Å². The number of amides is 1. The molecule has 3 rings (SSSR count). The van der Waals surface area contributed by atoms with Crippen LogP contribution in [0.4, 0.5) is 0 Å². The van der Waals surface area contributed by atoms with Gasteiger partial charge in [-0.1, -0.05) is 30.3 Å². The maximum absolute atomic E-state index is 12.3. The Balaban J connectivity index is 1.91. The molecule has 0 aliphatic heterocycles. The normalized spacial score (nSPS) is 21.7. The van der Waals surface area contributed by atoms with Gasteiger partial charge in [0.05, 0.1) is 13.0 Å². The summed E-state index contributed by atoms with van der Waals surface area (Å²) >= 11 is 0. The van der Waals surface area contributed by atoms with Gasteiger partial charge in [-0.3, -0.25) is 14.8 Å². The maximum atomic E-state index is 12.3. The second kappa shape index (κ2) is 6.33. The van der Waals surface area contributed by atoms with Crippen molar-refractivity contribution in [3.05, 3.63) is 60.2 Å². The van der Waals surface area contributed by atoms with Crippen LogP contribution in [0.15, 0.2) is 54.6 Å². The molecule has 0 saturated heterocycles. The third-order valence-electron chi connectivity index (χ3n) is 4.27.